The second kappa shape index (κ2) is 4.74. The number of fused-ring (bicyclic) bond motifs is 1. The Kier molecular flexibility index (Phi) is 2.91. The van der Waals surface area contributed by atoms with Crippen LogP contribution in [0.5, 0.6) is 0 Å². The summed E-state index contributed by atoms with van der Waals surface area (Å²) in [4.78, 5) is 16.6. The number of carbonyl (C=O) groups is 1. The zero-order chi connectivity index (χ0) is 14.1. The summed E-state index contributed by atoms with van der Waals surface area (Å²) in [5.74, 6) is -0.818. The largest absolute Gasteiger partial charge is 0.398 e. The highest BCUT2D eigenvalue weighted by atomic mass is 19.1. The molecule has 2 N–H and O–H groups in total. The molecule has 0 spiro atoms. The molecule has 0 bridgehead atoms. The van der Waals surface area contributed by atoms with E-state index < -0.39 is 5.82 Å². The number of anilines is 1. The second-order valence-electron chi connectivity index (χ2n) is 4.47. The molecule has 0 amide bonds. The van der Waals surface area contributed by atoms with Crippen LogP contribution in [0.4, 0.5) is 10.1 Å². The molecule has 0 saturated carbocycles. The van der Waals surface area contributed by atoms with Gasteiger partial charge in [-0.3, -0.25) is 9.78 Å². The molecule has 1 heterocycles. The maximum absolute atomic E-state index is 13.3. The molecule has 20 heavy (non-hydrogen) atoms. The minimum absolute atomic E-state index is 0.156. The van der Waals surface area contributed by atoms with E-state index in [2.05, 4.69) is 4.98 Å². The zero-order valence-electron chi connectivity index (χ0n) is 10.5. The molecule has 3 nitrogen and oxygen atoms in total. The molecule has 3 rings (SSSR count). The third-order valence-electron chi connectivity index (χ3n) is 3.17. The molecule has 0 saturated heterocycles. The summed E-state index contributed by atoms with van der Waals surface area (Å²) in [5, 5.41) is 1.63. The van der Waals surface area contributed by atoms with Crippen LogP contribution >= 0.6 is 0 Å². The number of hydrogen-bond donors (Lipinski definition) is 1. The van der Waals surface area contributed by atoms with Crippen LogP contribution in [-0.4, -0.2) is 10.8 Å². The summed E-state index contributed by atoms with van der Waals surface area (Å²) in [6.45, 7) is 0. The van der Waals surface area contributed by atoms with Gasteiger partial charge in [-0.2, -0.15) is 0 Å². The molecule has 3 aromatic rings. The number of rotatable bonds is 2. The predicted molar refractivity (Wildman–Crippen MR) is 76.0 cm³/mol. The first-order valence-corrected chi connectivity index (χ1v) is 6.09. The van der Waals surface area contributed by atoms with Crippen LogP contribution in [0.3, 0.4) is 0 Å². The average molecular weight is 266 g/mol. The Morgan fingerprint density at radius 2 is 1.85 bits per heavy atom. The molecular formula is C16H11FN2O. The van der Waals surface area contributed by atoms with Crippen molar-refractivity contribution in [2.24, 2.45) is 0 Å². The highest BCUT2D eigenvalue weighted by Gasteiger charge is 2.16. The topological polar surface area (TPSA) is 56.0 Å². The summed E-state index contributed by atoms with van der Waals surface area (Å²) in [6, 6.07) is 11.2. The first-order valence-electron chi connectivity index (χ1n) is 6.09. The van der Waals surface area contributed by atoms with Gasteiger partial charge >= 0.3 is 0 Å². The van der Waals surface area contributed by atoms with Gasteiger partial charge in [-0.05, 0) is 23.6 Å². The van der Waals surface area contributed by atoms with Crippen LogP contribution in [0.15, 0.2) is 54.9 Å². The minimum atomic E-state index is -0.490. The van der Waals surface area contributed by atoms with Crippen molar-refractivity contribution in [1.82, 2.24) is 4.98 Å². The molecular weight excluding hydrogens is 255 g/mol. The number of halogens is 1. The molecule has 98 valence electrons. The highest BCUT2D eigenvalue weighted by Crippen LogP contribution is 2.23. The number of pyridine rings is 1. The van der Waals surface area contributed by atoms with Gasteiger partial charge in [-0.25, -0.2) is 4.39 Å². The van der Waals surface area contributed by atoms with Crippen molar-refractivity contribution in [2.45, 2.75) is 0 Å². The monoisotopic (exact) mass is 266 g/mol. The lowest BCUT2D eigenvalue weighted by Crippen LogP contribution is -2.07. The number of nitrogens with two attached hydrogens (primary N) is 1. The Balaban J connectivity index is 2.20. The Morgan fingerprint density at radius 3 is 2.70 bits per heavy atom. The van der Waals surface area contributed by atoms with Gasteiger partial charge in [0.25, 0.3) is 0 Å². The lowest BCUT2D eigenvalue weighted by atomic mass is 9.98. The van der Waals surface area contributed by atoms with Crippen LogP contribution in [0, 0.1) is 5.82 Å². The van der Waals surface area contributed by atoms with Crippen LogP contribution in [0.1, 0.15) is 15.9 Å². The Morgan fingerprint density at radius 1 is 1.05 bits per heavy atom. The van der Waals surface area contributed by atoms with Gasteiger partial charge in [0, 0.05) is 34.6 Å². The van der Waals surface area contributed by atoms with Crippen molar-refractivity contribution in [1.29, 1.82) is 0 Å². The fourth-order valence-electron chi connectivity index (χ4n) is 2.17. The molecule has 0 aliphatic heterocycles. The third kappa shape index (κ3) is 2.01. The number of benzene rings is 2. The average Bonchev–Trinajstić information content (AvgIpc) is 2.48. The molecule has 0 unspecified atom stereocenters. The van der Waals surface area contributed by atoms with Crippen molar-refractivity contribution < 1.29 is 9.18 Å². The van der Waals surface area contributed by atoms with Crippen LogP contribution in [0.2, 0.25) is 0 Å². The van der Waals surface area contributed by atoms with Gasteiger partial charge < -0.3 is 5.73 Å². The normalized spacial score (nSPS) is 10.7. The molecule has 0 aliphatic carbocycles. The number of aromatic nitrogens is 1. The van der Waals surface area contributed by atoms with E-state index in [1.807, 2.05) is 24.3 Å². The van der Waals surface area contributed by atoms with Gasteiger partial charge in [-0.15, -0.1) is 0 Å². The first kappa shape index (κ1) is 12.3. The molecule has 0 fully saturated rings. The second-order valence-corrected chi connectivity index (χ2v) is 4.47. The quantitative estimate of drug-likeness (QED) is 0.572. The predicted octanol–water partition coefficient (Wildman–Crippen LogP) is 3.19. The summed E-state index contributed by atoms with van der Waals surface area (Å²) in [5.41, 5.74) is 6.59. The molecule has 1 aromatic heterocycles. The van der Waals surface area contributed by atoms with Crippen molar-refractivity contribution in [3.05, 3.63) is 71.8 Å². The Labute approximate surface area is 114 Å². The summed E-state index contributed by atoms with van der Waals surface area (Å²) >= 11 is 0. The van der Waals surface area contributed by atoms with Gasteiger partial charge in [0.2, 0.25) is 0 Å². The van der Waals surface area contributed by atoms with Crippen molar-refractivity contribution in [2.75, 3.05) is 5.73 Å². The maximum Gasteiger partial charge on any atom is 0.197 e. The maximum atomic E-state index is 13.3. The number of hydrogen-bond acceptors (Lipinski definition) is 3. The van der Waals surface area contributed by atoms with Gasteiger partial charge in [0.05, 0.1) is 0 Å². The fourth-order valence-corrected chi connectivity index (χ4v) is 2.17. The van der Waals surface area contributed by atoms with E-state index in [0.717, 1.165) is 16.8 Å². The van der Waals surface area contributed by atoms with Crippen molar-refractivity contribution >= 4 is 22.2 Å². The smallest absolute Gasteiger partial charge is 0.197 e. The molecule has 2 aromatic carbocycles. The Bertz CT molecular complexity index is 809. The number of nitrogen functional groups attached to an aromatic ring is 1. The van der Waals surface area contributed by atoms with E-state index in [1.165, 1.54) is 18.3 Å². The summed E-state index contributed by atoms with van der Waals surface area (Å²) in [7, 11) is 0. The van der Waals surface area contributed by atoms with Crippen LogP contribution in [0.25, 0.3) is 10.8 Å². The zero-order valence-corrected chi connectivity index (χ0v) is 10.5. The van der Waals surface area contributed by atoms with E-state index in [9.17, 15) is 9.18 Å². The first-order chi connectivity index (χ1) is 9.66. The van der Waals surface area contributed by atoms with Crippen LogP contribution in [-0.2, 0) is 0 Å². The van der Waals surface area contributed by atoms with Crippen LogP contribution < -0.4 is 5.73 Å². The Hall–Kier alpha value is -2.75. The minimum Gasteiger partial charge on any atom is -0.398 e. The molecule has 0 atom stereocenters. The van der Waals surface area contributed by atoms with Gasteiger partial charge in [0.1, 0.15) is 5.82 Å². The SMILES string of the molecule is Nc1ccc(F)cc1C(=O)c1cncc2ccccc12. The third-order valence-corrected chi connectivity index (χ3v) is 3.17. The lowest BCUT2D eigenvalue weighted by molar-refractivity contribution is 0.104. The fraction of sp³-hybridized carbons (Fsp3) is 0. The van der Waals surface area contributed by atoms with E-state index in [0.29, 0.717) is 5.56 Å². The summed E-state index contributed by atoms with van der Waals surface area (Å²) < 4.78 is 13.3. The number of ketones is 1. The van der Waals surface area contributed by atoms with E-state index in [4.69, 9.17) is 5.73 Å². The van der Waals surface area contributed by atoms with Crippen molar-refractivity contribution in [3.8, 4) is 0 Å². The van der Waals surface area contributed by atoms with E-state index >= 15 is 0 Å². The van der Waals surface area contributed by atoms with E-state index in [1.54, 1.807) is 6.20 Å². The molecule has 4 heteroatoms. The summed E-state index contributed by atoms with van der Waals surface area (Å²) in [6.07, 6.45) is 3.16. The molecule has 0 aliphatic rings. The van der Waals surface area contributed by atoms with Gasteiger partial charge in [0.15, 0.2) is 5.78 Å². The van der Waals surface area contributed by atoms with Gasteiger partial charge in [-0.1, -0.05) is 24.3 Å². The number of nitrogens with zero attached hydrogens (tertiary/aromatic N) is 1. The standard InChI is InChI=1S/C16H11FN2O/c17-11-5-6-15(18)13(7-11)16(20)14-9-19-8-10-3-1-2-4-12(10)14/h1-9H,18H2. The van der Waals surface area contributed by atoms with Crippen molar-refractivity contribution in [3.63, 3.8) is 0 Å². The highest BCUT2D eigenvalue weighted by molar-refractivity contribution is 6.18. The van der Waals surface area contributed by atoms with E-state index in [-0.39, 0.29) is 17.0 Å². The molecule has 0 radical (unpaired) electrons. The number of carbonyl (C=O) groups excluding carboxylic acids is 1. The lowest BCUT2D eigenvalue weighted by Gasteiger charge is -2.07.